The minimum Gasteiger partial charge on any atom is -0.493 e. The van der Waals surface area contributed by atoms with Crippen LogP contribution in [-0.2, 0) is 0 Å². The van der Waals surface area contributed by atoms with Crippen LogP contribution in [0.15, 0.2) is 81.7 Å². The van der Waals surface area contributed by atoms with Gasteiger partial charge in [0.15, 0.2) is 23.0 Å². The van der Waals surface area contributed by atoms with Gasteiger partial charge in [0.2, 0.25) is 0 Å². The average Bonchev–Trinajstić information content (AvgIpc) is 2.91. The van der Waals surface area contributed by atoms with Crippen LogP contribution in [0.1, 0.15) is 0 Å². The van der Waals surface area contributed by atoms with Gasteiger partial charge in [0, 0.05) is 8.95 Å². The molecule has 0 aliphatic rings. The van der Waals surface area contributed by atoms with Gasteiger partial charge in [0.05, 0.1) is 28.4 Å². The molecule has 36 heavy (non-hydrogen) atoms. The lowest BCUT2D eigenvalue weighted by Crippen LogP contribution is -1.97. The van der Waals surface area contributed by atoms with E-state index < -0.39 is 0 Å². The molecule has 0 amide bonds. The fraction of sp³-hybridized carbons (Fsp3) is 0.133. The second-order valence-corrected chi connectivity index (χ2v) is 10.1. The van der Waals surface area contributed by atoms with Crippen LogP contribution in [0.5, 0.6) is 23.0 Å². The molecule has 0 N–H and O–H groups in total. The standard InChI is InChI=1S/C30H24Br2O4/c1-33-25-13-21-22(14-26(25)34-2)30(18-7-11-20(32)12-8-18)24-16-28(36-4)27(35-3)15-23(24)29(21)17-5-9-19(31)10-6-17/h5-16H,1-4H3. The van der Waals surface area contributed by atoms with Crippen molar-refractivity contribution in [1.29, 1.82) is 0 Å². The van der Waals surface area contributed by atoms with Crippen LogP contribution in [0.2, 0.25) is 0 Å². The molecule has 0 unspecified atom stereocenters. The van der Waals surface area contributed by atoms with Gasteiger partial charge in [-0.15, -0.1) is 0 Å². The number of methoxy groups -OCH3 is 4. The number of hydrogen-bond acceptors (Lipinski definition) is 4. The van der Waals surface area contributed by atoms with E-state index in [0.29, 0.717) is 23.0 Å². The van der Waals surface area contributed by atoms with Gasteiger partial charge in [-0.1, -0.05) is 56.1 Å². The molecule has 5 rings (SSSR count). The summed E-state index contributed by atoms with van der Waals surface area (Å²) in [6.45, 7) is 0. The van der Waals surface area contributed by atoms with Crippen molar-refractivity contribution in [3.8, 4) is 45.3 Å². The van der Waals surface area contributed by atoms with Gasteiger partial charge in [0.1, 0.15) is 0 Å². The lowest BCUT2D eigenvalue weighted by molar-refractivity contribution is 0.355. The Hall–Kier alpha value is -3.22. The molecule has 4 nitrogen and oxygen atoms in total. The maximum Gasteiger partial charge on any atom is 0.161 e. The van der Waals surface area contributed by atoms with Crippen molar-refractivity contribution in [3.05, 3.63) is 81.7 Å². The van der Waals surface area contributed by atoms with E-state index in [9.17, 15) is 0 Å². The van der Waals surface area contributed by atoms with Crippen molar-refractivity contribution in [2.45, 2.75) is 0 Å². The molecule has 0 saturated heterocycles. The van der Waals surface area contributed by atoms with Gasteiger partial charge in [-0.3, -0.25) is 0 Å². The SMILES string of the molecule is COc1cc2c(-c3ccc(Br)cc3)c3cc(OC)c(OC)cc3c(-c3ccc(Br)cc3)c2cc1OC. The van der Waals surface area contributed by atoms with Crippen molar-refractivity contribution in [2.24, 2.45) is 0 Å². The molecule has 0 spiro atoms. The van der Waals surface area contributed by atoms with E-state index in [0.717, 1.165) is 52.7 Å². The highest BCUT2D eigenvalue weighted by Gasteiger charge is 2.22. The summed E-state index contributed by atoms with van der Waals surface area (Å²) in [5, 5.41) is 4.19. The molecule has 0 aliphatic heterocycles. The lowest BCUT2D eigenvalue weighted by atomic mass is 9.85. The largest absolute Gasteiger partial charge is 0.493 e. The summed E-state index contributed by atoms with van der Waals surface area (Å²) in [5.41, 5.74) is 4.32. The smallest absolute Gasteiger partial charge is 0.161 e. The Kier molecular flexibility index (Phi) is 6.82. The fourth-order valence-corrected chi connectivity index (χ4v) is 5.26. The molecular formula is C30H24Br2O4. The van der Waals surface area contributed by atoms with Gasteiger partial charge in [0.25, 0.3) is 0 Å². The van der Waals surface area contributed by atoms with Gasteiger partial charge < -0.3 is 18.9 Å². The molecule has 0 heterocycles. The van der Waals surface area contributed by atoms with Gasteiger partial charge in [-0.25, -0.2) is 0 Å². The Balaban J connectivity index is 2.06. The third-order valence-corrected chi connectivity index (χ3v) is 7.45. The summed E-state index contributed by atoms with van der Waals surface area (Å²) >= 11 is 7.14. The molecule has 182 valence electrons. The van der Waals surface area contributed by atoms with Crippen molar-refractivity contribution in [1.82, 2.24) is 0 Å². The molecule has 0 fully saturated rings. The molecular weight excluding hydrogens is 584 g/mol. The molecule has 6 heteroatoms. The second kappa shape index (κ2) is 10.0. The first-order chi connectivity index (χ1) is 17.5. The number of fused-ring (bicyclic) bond motifs is 2. The van der Waals surface area contributed by atoms with Crippen LogP contribution < -0.4 is 18.9 Å². The first-order valence-electron chi connectivity index (χ1n) is 11.3. The van der Waals surface area contributed by atoms with Crippen LogP contribution >= 0.6 is 31.9 Å². The normalized spacial score (nSPS) is 11.1. The third kappa shape index (κ3) is 4.18. The number of rotatable bonds is 6. The summed E-state index contributed by atoms with van der Waals surface area (Å²) < 4.78 is 24.9. The Morgan fingerprint density at radius 1 is 0.417 bits per heavy atom. The van der Waals surface area contributed by atoms with Gasteiger partial charge >= 0.3 is 0 Å². The van der Waals surface area contributed by atoms with E-state index in [1.807, 2.05) is 0 Å². The molecule has 0 saturated carbocycles. The first kappa shape index (κ1) is 24.5. The molecule has 0 aliphatic carbocycles. The summed E-state index contributed by atoms with van der Waals surface area (Å²) in [6.07, 6.45) is 0. The molecule has 0 radical (unpaired) electrons. The van der Waals surface area contributed by atoms with Crippen molar-refractivity contribution in [2.75, 3.05) is 28.4 Å². The van der Waals surface area contributed by atoms with E-state index in [2.05, 4.69) is 105 Å². The van der Waals surface area contributed by atoms with Crippen LogP contribution in [0, 0.1) is 0 Å². The predicted octanol–water partition coefficient (Wildman–Crippen LogP) is 8.89. The van der Waals surface area contributed by atoms with Gasteiger partial charge in [-0.2, -0.15) is 0 Å². The highest BCUT2D eigenvalue weighted by Crippen LogP contribution is 2.49. The number of halogens is 2. The van der Waals surface area contributed by atoms with Crippen LogP contribution in [0.4, 0.5) is 0 Å². The van der Waals surface area contributed by atoms with E-state index in [4.69, 9.17) is 18.9 Å². The zero-order valence-electron chi connectivity index (χ0n) is 20.3. The Morgan fingerprint density at radius 2 is 0.667 bits per heavy atom. The van der Waals surface area contributed by atoms with Crippen LogP contribution in [0.25, 0.3) is 43.8 Å². The first-order valence-corrected chi connectivity index (χ1v) is 12.9. The highest BCUT2D eigenvalue weighted by molar-refractivity contribution is 9.10. The predicted molar refractivity (Wildman–Crippen MR) is 154 cm³/mol. The lowest BCUT2D eigenvalue weighted by Gasteiger charge is -2.21. The number of hydrogen-bond donors (Lipinski definition) is 0. The zero-order chi connectivity index (χ0) is 25.4. The summed E-state index contributed by atoms with van der Waals surface area (Å²) in [4.78, 5) is 0. The molecule has 5 aromatic rings. The maximum absolute atomic E-state index is 5.73. The Labute approximate surface area is 227 Å². The van der Waals surface area contributed by atoms with E-state index in [1.165, 1.54) is 0 Å². The van der Waals surface area contributed by atoms with E-state index in [-0.39, 0.29) is 0 Å². The summed E-state index contributed by atoms with van der Waals surface area (Å²) in [5.74, 6) is 2.68. The molecule has 0 aromatic heterocycles. The number of ether oxygens (including phenoxy) is 4. The molecule has 0 bridgehead atoms. The van der Waals surface area contributed by atoms with Crippen molar-refractivity contribution >= 4 is 53.4 Å². The summed E-state index contributed by atoms with van der Waals surface area (Å²) in [6, 6.07) is 24.9. The van der Waals surface area contributed by atoms with Gasteiger partial charge in [-0.05, 0) is 92.3 Å². The third-order valence-electron chi connectivity index (χ3n) is 6.39. The maximum atomic E-state index is 5.73. The van der Waals surface area contributed by atoms with Crippen molar-refractivity contribution in [3.63, 3.8) is 0 Å². The molecule has 5 aromatic carbocycles. The Morgan fingerprint density at radius 3 is 0.889 bits per heavy atom. The minimum atomic E-state index is 0.671. The monoisotopic (exact) mass is 606 g/mol. The van der Waals surface area contributed by atoms with E-state index in [1.54, 1.807) is 28.4 Å². The quantitative estimate of drug-likeness (QED) is 0.181. The van der Waals surface area contributed by atoms with Crippen LogP contribution in [0.3, 0.4) is 0 Å². The molecule has 0 atom stereocenters. The average molecular weight is 608 g/mol. The van der Waals surface area contributed by atoms with E-state index >= 15 is 0 Å². The summed E-state index contributed by atoms with van der Waals surface area (Å²) in [7, 11) is 6.64. The van der Waals surface area contributed by atoms with Crippen LogP contribution in [-0.4, -0.2) is 28.4 Å². The highest BCUT2D eigenvalue weighted by atomic mass is 79.9. The minimum absolute atomic E-state index is 0.671. The Bertz CT molecular complexity index is 1380. The fourth-order valence-electron chi connectivity index (χ4n) is 4.73. The van der Waals surface area contributed by atoms with Crippen molar-refractivity contribution < 1.29 is 18.9 Å². The topological polar surface area (TPSA) is 36.9 Å². The zero-order valence-corrected chi connectivity index (χ0v) is 23.5. The second-order valence-electron chi connectivity index (χ2n) is 8.27. The number of benzene rings is 5.